The predicted octanol–water partition coefficient (Wildman–Crippen LogP) is 4.28. The van der Waals surface area contributed by atoms with Crippen molar-refractivity contribution in [3.63, 3.8) is 0 Å². The summed E-state index contributed by atoms with van der Waals surface area (Å²) < 4.78 is 11.5. The van der Waals surface area contributed by atoms with Crippen LogP contribution in [0.25, 0.3) is 0 Å². The summed E-state index contributed by atoms with van der Waals surface area (Å²) in [4.78, 5) is 12.5. The van der Waals surface area contributed by atoms with Crippen LogP contribution in [0.15, 0.2) is 40.9 Å². The molecule has 0 spiro atoms. The highest BCUT2D eigenvalue weighted by molar-refractivity contribution is 9.10. The minimum absolute atomic E-state index is 0.167. The first-order chi connectivity index (χ1) is 10.6. The summed E-state index contributed by atoms with van der Waals surface area (Å²) in [7, 11) is 3.14. The van der Waals surface area contributed by atoms with Gasteiger partial charge in [0.15, 0.2) is 11.5 Å². The van der Waals surface area contributed by atoms with Gasteiger partial charge in [-0.05, 0) is 48.4 Å². The first-order valence-corrected chi connectivity index (χ1v) is 7.70. The van der Waals surface area contributed by atoms with Gasteiger partial charge in [0.2, 0.25) is 0 Å². The van der Waals surface area contributed by atoms with E-state index in [1.54, 1.807) is 20.3 Å². The topological polar surface area (TPSA) is 47.6 Å². The van der Waals surface area contributed by atoms with Crippen LogP contribution < -0.4 is 14.8 Å². The van der Waals surface area contributed by atoms with Crippen molar-refractivity contribution in [2.45, 2.75) is 13.3 Å². The number of amides is 1. The Bertz CT molecular complexity index is 668. The molecule has 2 rings (SSSR count). The Kier molecular flexibility index (Phi) is 5.44. The average Bonchev–Trinajstić information content (AvgIpc) is 2.55. The van der Waals surface area contributed by atoms with Gasteiger partial charge >= 0.3 is 0 Å². The highest BCUT2D eigenvalue weighted by Crippen LogP contribution is 2.31. The van der Waals surface area contributed by atoms with Crippen molar-refractivity contribution in [2.75, 3.05) is 19.5 Å². The lowest BCUT2D eigenvalue weighted by Crippen LogP contribution is -2.14. The van der Waals surface area contributed by atoms with Crippen LogP contribution in [0.3, 0.4) is 0 Å². The number of ether oxygens (including phenoxy) is 2. The Labute approximate surface area is 138 Å². The highest BCUT2D eigenvalue weighted by atomic mass is 79.9. The summed E-state index contributed by atoms with van der Waals surface area (Å²) in [6, 6.07) is 11.0. The third-order valence-electron chi connectivity index (χ3n) is 3.34. The van der Waals surface area contributed by atoms with Crippen LogP contribution in [0.5, 0.6) is 11.5 Å². The highest BCUT2D eigenvalue weighted by Gasteiger charge is 2.16. The van der Waals surface area contributed by atoms with Crippen LogP contribution >= 0.6 is 15.9 Å². The lowest BCUT2D eigenvalue weighted by atomic mass is 10.0. The molecule has 4 nitrogen and oxygen atoms in total. The molecule has 22 heavy (non-hydrogen) atoms. The summed E-state index contributed by atoms with van der Waals surface area (Å²) in [5.41, 5.74) is 2.24. The number of methoxy groups -OCH3 is 2. The number of halogens is 1. The van der Waals surface area contributed by atoms with Crippen LogP contribution in [-0.4, -0.2) is 20.1 Å². The van der Waals surface area contributed by atoms with E-state index in [1.165, 1.54) is 0 Å². The fourth-order valence-corrected chi connectivity index (χ4v) is 2.42. The molecule has 1 amide bonds. The Morgan fingerprint density at radius 2 is 1.68 bits per heavy atom. The third kappa shape index (κ3) is 3.60. The Morgan fingerprint density at radius 3 is 2.23 bits per heavy atom. The smallest absolute Gasteiger partial charge is 0.256 e. The number of benzene rings is 2. The van der Waals surface area contributed by atoms with Crippen molar-refractivity contribution in [1.82, 2.24) is 0 Å². The van der Waals surface area contributed by atoms with Crippen LogP contribution in [0, 0.1) is 0 Å². The normalized spacial score (nSPS) is 10.2. The first-order valence-electron chi connectivity index (χ1n) is 6.90. The molecule has 116 valence electrons. The van der Waals surface area contributed by atoms with E-state index in [0.29, 0.717) is 17.1 Å². The molecule has 0 saturated heterocycles. The van der Waals surface area contributed by atoms with Gasteiger partial charge in [0, 0.05) is 15.7 Å². The number of rotatable bonds is 5. The fourth-order valence-electron chi connectivity index (χ4n) is 2.16. The minimum Gasteiger partial charge on any atom is -0.493 e. The predicted molar refractivity (Wildman–Crippen MR) is 91.0 cm³/mol. The van der Waals surface area contributed by atoms with E-state index in [-0.39, 0.29) is 5.91 Å². The largest absolute Gasteiger partial charge is 0.493 e. The monoisotopic (exact) mass is 363 g/mol. The molecule has 0 bridgehead atoms. The Balaban J connectivity index is 2.33. The van der Waals surface area contributed by atoms with Gasteiger partial charge in [-0.1, -0.05) is 22.9 Å². The quantitative estimate of drug-likeness (QED) is 0.862. The fraction of sp³-hybridized carbons (Fsp3) is 0.235. The molecule has 0 atom stereocenters. The van der Waals surface area contributed by atoms with Gasteiger partial charge in [0.05, 0.1) is 14.2 Å². The van der Waals surface area contributed by atoms with Gasteiger partial charge < -0.3 is 14.8 Å². The van der Waals surface area contributed by atoms with Gasteiger partial charge in [-0.3, -0.25) is 4.79 Å². The molecule has 0 saturated carbocycles. The zero-order valence-electron chi connectivity index (χ0n) is 12.8. The Morgan fingerprint density at radius 1 is 1.09 bits per heavy atom. The first kappa shape index (κ1) is 16.4. The van der Waals surface area contributed by atoms with Crippen molar-refractivity contribution in [3.05, 3.63) is 52.0 Å². The zero-order chi connectivity index (χ0) is 16.1. The standard InChI is InChI=1S/C17H18BrNO3/c1-4-11-9-15(21-2)16(22-3)10-14(11)17(20)19-13-7-5-12(18)6-8-13/h5-10H,4H2,1-3H3,(H,19,20). The molecule has 2 aromatic carbocycles. The van der Waals surface area contributed by atoms with Gasteiger partial charge in [-0.15, -0.1) is 0 Å². The molecule has 0 aliphatic rings. The number of carbonyl (C=O) groups excluding carboxylic acids is 1. The molecule has 0 heterocycles. The van der Waals surface area contributed by atoms with Crippen molar-refractivity contribution >= 4 is 27.5 Å². The molecule has 0 aliphatic carbocycles. The maximum Gasteiger partial charge on any atom is 0.256 e. The van der Waals surface area contributed by atoms with Crippen LogP contribution in [0.2, 0.25) is 0 Å². The molecular formula is C17H18BrNO3. The molecule has 1 N–H and O–H groups in total. The summed E-state index contributed by atoms with van der Waals surface area (Å²) in [5, 5.41) is 2.89. The van der Waals surface area contributed by atoms with Crippen LogP contribution in [0.4, 0.5) is 5.69 Å². The van der Waals surface area contributed by atoms with Gasteiger partial charge in [-0.25, -0.2) is 0 Å². The van der Waals surface area contributed by atoms with E-state index in [4.69, 9.17) is 9.47 Å². The van der Waals surface area contributed by atoms with Crippen molar-refractivity contribution < 1.29 is 14.3 Å². The maximum atomic E-state index is 12.5. The lowest BCUT2D eigenvalue weighted by Gasteiger charge is -2.14. The van der Waals surface area contributed by atoms with Crippen molar-refractivity contribution in [3.8, 4) is 11.5 Å². The van der Waals surface area contributed by atoms with Crippen molar-refractivity contribution in [1.29, 1.82) is 0 Å². The maximum absolute atomic E-state index is 12.5. The SMILES string of the molecule is CCc1cc(OC)c(OC)cc1C(=O)Nc1ccc(Br)cc1. The van der Waals surface area contributed by atoms with Gasteiger partial charge in [-0.2, -0.15) is 0 Å². The third-order valence-corrected chi connectivity index (χ3v) is 3.87. The minimum atomic E-state index is -0.167. The summed E-state index contributed by atoms with van der Waals surface area (Å²) in [6.07, 6.45) is 0.726. The second kappa shape index (κ2) is 7.31. The van der Waals surface area contributed by atoms with Crippen LogP contribution in [0.1, 0.15) is 22.8 Å². The van der Waals surface area contributed by atoms with E-state index in [9.17, 15) is 4.79 Å². The second-order valence-electron chi connectivity index (χ2n) is 4.68. The number of hydrogen-bond acceptors (Lipinski definition) is 3. The molecule has 0 unspecified atom stereocenters. The Hall–Kier alpha value is -2.01. The van der Waals surface area contributed by atoms with Gasteiger partial charge in [0.1, 0.15) is 0 Å². The summed E-state index contributed by atoms with van der Waals surface area (Å²) in [6.45, 7) is 2.00. The number of carbonyl (C=O) groups is 1. The summed E-state index contributed by atoms with van der Waals surface area (Å²) >= 11 is 3.37. The number of nitrogens with one attached hydrogen (secondary N) is 1. The van der Waals surface area contributed by atoms with E-state index < -0.39 is 0 Å². The molecule has 2 aromatic rings. The number of anilines is 1. The van der Waals surface area contributed by atoms with Gasteiger partial charge in [0.25, 0.3) is 5.91 Å². The molecular weight excluding hydrogens is 346 g/mol. The van der Waals surface area contributed by atoms with E-state index >= 15 is 0 Å². The lowest BCUT2D eigenvalue weighted by molar-refractivity contribution is 0.102. The number of hydrogen-bond donors (Lipinski definition) is 1. The average molecular weight is 364 g/mol. The summed E-state index contributed by atoms with van der Waals surface area (Å²) in [5.74, 6) is 1.00. The van der Waals surface area contributed by atoms with E-state index in [1.807, 2.05) is 37.3 Å². The molecule has 0 fully saturated rings. The van der Waals surface area contributed by atoms with Crippen molar-refractivity contribution in [2.24, 2.45) is 0 Å². The molecule has 5 heteroatoms. The second-order valence-corrected chi connectivity index (χ2v) is 5.59. The molecule has 0 aliphatic heterocycles. The van der Waals surface area contributed by atoms with E-state index in [0.717, 1.165) is 22.1 Å². The van der Waals surface area contributed by atoms with E-state index in [2.05, 4.69) is 21.2 Å². The molecule has 0 aromatic heterocycles. The number of aryl methyl sites for hydroxylation is 1. The van der Waals surface area contributed by atoms with Crippen LogP contribution in [-0.2, 0) is 6.42 Å². The molecule has 0 radical (unpaired) electrons. The zero-order valence-corrected chi connectivity index (χ0v) is 14.4.